The second-order valence-electron chi connectivity index (χ2n) is 3.09. The Labute approximate surface area is 73.0 Å². The van der Waals surface area contributed by atoms with E-state index in [4.69, 9.17) is 6.42 Å². The molecule has 0 aromatic heterocycles. The van der Waals surface area contributed by atoms with Gasteiger partial charge in [0, 0.05) is 30.7 Å². The van der Waals surface area contributed by atoms with Gasteiger partial charge in [-0.1, -0.05) is 0 Å². The fourth-order valence-corrected chi connectivity index (χ4v) is 1.25. The third-order valence-electron chi connectivity index (χ3n) is 1.83. The van der Waals surface area contributed by atoms with E-state index in [1.807, 2.05) is 6.92 Å². The van der Waals surface area contributed by atoms with Gasteiger partial charge in [-0.05, 0) is 13.3 Å². The maximum atomic E-state index is 10.8. The van der Waals surface area contributed by atoms with Crippen LogP contribution in [-0.4, -0.2) is 11.8 Å². The second kappa shape index (κ2) is 3.96. The highest BCUT2D eigenvalue weighted by atomic mass is 16.1. The lowest BCUT2D eigenvalue weighted by Gasteiger charge is -2.12. The summed E-state index contributed by atoms with van der Waals surface area (Å²) in [5, 5.41) is 3.21. The van der Waals surface area contributed by atoms with Crippen LogP contribution in [-0.2, 0) is 4.79 Å². The lowest BCUT2D eigenvalue weighted by atomic mass is 10.2. The Kier molecular flexibility index (Phi) is 2.93. The van der Waals surface area contributed by atoms with Crippen LogP contribution < -0.4 is 5.32 Å². The lowest BCUT2D eigenvalue weighted by molar-refractivity contribution is -0.114. The summed E-state index contributed by atoms with van der Waals surface area (Å²) in [7, 11) is 0. The predicted molar refractivity (Wildman–Crippen MR) is 48.4 cm³/mol. The van der Waals surface area contributed by atoms with Gasteiger partial charge in [0.2, 0.25) is 0 Å². The fraction of sp³-hybridized carbons (Fsp3) is 0.500. The molecule has 0 aliphatic heterocycles. The van der Waals surface area contributed by atoms with Crippen molar-refractivity contribution in [2.45, 2.75) is 32.2 Å². The standard InChI is InChI=1S/C10H13NO/c1-3-4-8(2)11-9-5-6-10(12)7-9/h1,7-8,11H,4-6H2,2H3. The number of ketones is 1. The normalized spacial score (nSPS) is 18.3. The highest BCUT2D eigenvalue weighted by Crippen LogP contribution is 2.12. The topological polar surface area (TPSA) is 29.1 Å². The van der Waals surface area contributed by atoms with Crippen molar-refractivity contribution in [2.24, 2.45) is 0 Å². The summed E-state index contributed by atoms with van der Waals surface area (Å²) in [5.41, 5.74) is 1.03. The average Bonchev–Trinajstić information content (AvgIpc) is 2.36. The van der Waals surface area contributed by atoms with Crippen LogP contribution >= 0.6 is 0 Å². The number of hydrogen-bond donors (Lipinski definition) is 1. The number of carbonyl (C=O) groups excluding carboxylic acids is 1. The van der Waals surface area contributed by atoms with E-state index in [1.54, 1.807) is 6.08 Å². The summed E-state index contributed by atoms with van der Waals surface area (Å²) in [6.45, 7) is 2.02. The molecule has 0 saturated heterocycles. The Hall–Kier alpha value is -1.23. The van der Waals surface area contributed by atoms with Crippen LogP contribution in [0.5, 0.6) is 0 Å². The lowest BCUT2D eigenvalue weighted by Crippen LogP contribution is -2.23. The van der Waals surface area contributed by atoms with Gasteiger partial charge >= 0.3 is 0 Å². The van der Waals surface area contributed by atoms with E-state index in [0.717, 1.165) is 12.1 Å². The van der Waals surface area contributed by atoms with Gasteiger partial charge in [-0.15, -0.1) is 12.3 Å². The van der Waals surface area contributed by atoms with Crippen LogP contribution in [0.4, 0.5) is 0 Å². The summed E-state index contributed by atoms with van der Waals surface area (Å²) in [5.74, 6) is 2.79. The molecular weight excluding hydrogens is 150 g/mol. The Bertz CT molecular complexity index is 247. The number of allylic oxidation sites excluding steroid dienone is 2. The second-order valence-corrected chi connectivity index (χ2v) is 3.09. The van der Waals surface area contributed by atoms with Crippen molar-refractivity contribution >= 4 is 5.78 Å². The molecule has 0 heterocycles. The Morgan fingerprint density at radius 3 is 3.00 bits per heavy atom. The van der Waals surface area contributed by atoms with Crippen LogP contribution in [0.25, 0.3) is 0 Å². The quantitative estimate of drug-likeness (QED) is 0.634. The maximum Gasteiger partial charge on any atom is 0.157 e. The fourth-order valence-electron chi connectivity index (χ4n) is 1.25. The van der Waals surface area contributed by atoms with E-state index < -0.39 is 0 Å². The molecule has 0 amide bonds. The predicted octanol–water partition coefficient (Wildman–Crippen LogP) is 1.23. The van der Waals surface area contributed by atoms with Crippen LogP contribution in [0.2, 0.25) is 0 Å². The van der Waals surface area contributed by atoms with Crippen molar-refractivity contribution < 1.29 is 4.79 Å². The highest BCUT2D eigenvalue weighted by molar-refractivity contribution is 5.92. The number of carbonyl (C=O) groups is 1. The molecule has 0 aromatic carbocycles. The van der Waals surface area contributed by atoms with Crippen LogP contribution in [0.1, 0.15) is 26.2 Å². The molecule has 0 radical (unpaired) electrons. The van der Waals surface area contributed by atoms with Crippen LogP contribution in [0.15, 0.2) is 11.8 Å². The van der Waals surface area contributed by atoms with Gasteiger partial charge in [0.1, 0.15) is 0 Å². The van der Waals surface area contributed by atoms with Crippen molar-refractivity contribution in [3.8, 4) is 12.3 Å². The molecular formula is C10H13NO. The first kappa shape index (κ1) is 8.86. The molecule has 64 valence electrons. The molecule has 2 heteroatoms. The van der Waals surface area contributed by atoms with E-state index in [0.29, 0.717) is 12.8 Å². The Balaban J connectivity index is 2.37. The molecule has 0 saturated carbocycles. The van der Waals surface area contributed by atoms with Crippen LogP contribution in [0, 0.1) is 12.3 Å². The van der Waals surface area contributed by atoms with Crippen molar-refractivity contribution in [3.63, 3.8) is 0 Å². The third-order valence-corrected chi connectivity index (χ3v) is 1.83. The largest absolute Gasteiger partial charge is 0.385 e. The van der Waals surface area contributed by atoms with Crippen molar-refractivity contribution in [2.75, 3.05) is 0 Å². The minimum atomic E-state index is 0.213. The molecule has 12 heavy (non-hydrogen) atoms. The molecule has 1 N–H and O–H groups in total. The molecule has 0 aromatic rings. The SMILES string of the molecule is C#CCC(C)NC1=CC(=O)CC1. The van der Waals surface area contributed by atoms with Crippen molar-refractivity contribution in [1.82, 2.24) is 5.32 Å². The number of terminal acetylenes is 1. The van der Waals surface area contributed by atoms with E-state index >= 15 is 0 Å². The van der Waals surface area contributed by atoms with Gasteiger partial charge in [-0.25, -0.2) is 0 Å². The molecule has 1 aliphatic rings. The summed E-state index contributed by atoms with van der Waals surface area (Å²) < 4.78 is 0. The molecule has 0 spiro atoms. The Morgan fingerprint density at radius 2 is 2.50 bits per heavy atom. The van der Waals surface area contributed by atoms with Gasteiger partial charge in [0.05, 0.1) is 0 Å². The number of hydrogen-bond acceptors (Lipinski definition) is 2. The summed E-state index contributed by atoms with van der Waals surface area (Å²) in [6, 6.07) is 0.271. The minimum Gasteiger partial charge on any atom is -0.385 e. The first-order chi connectivity index (χ1) is 5.72. The smallest absolute Gasteiger partial charge is 0.157 e. The molecule has 2 nitrogen and oxygen atoms in total. The number of nitrogens with one attached hydrogen (secondary N) is 1. The number of rotatable bonds is 3. The molecule has 1 unspecified atom stereocenters. The third kappa shape index (κ3) is 2.43. The zero-order valence-electron chi connectivity index (χ0n) is 7.26. The van der Waals surface area contributed by atoms with Crippen LogP contribution in [0.3, 0.4) is 0 Å². The summed E-state index contributed by atoms with van der Waals surface area (Å²) >= 11 is 0. The van der Waals surface area contributed by atoms with Gasteiger partial charge in [0.25, 0.3) is 0 Å². The van der Waals surface area contributed by atoms with E-state index in [9.17, 15) is 4.79 Å². The maximum absolute atomic E-state index is 10.8. The Morgan fingerprint density at radius 1 is 1.75 bits per heavy atom. The van der Waals surface area contributed by atoms with Gasteiger partial charge < -0.3 is 5.32 Å². The summed E-state index contributed by atoms with van der Waals surface area (Å²) in [6.07, 6.45) is 9.01. The minimum absolute atomic E-state index is 0.213. The molecule has 1 atom stereocenters. The van der Waals surface area contributed by atoms with E-state index in [1.165, 1.54) is 0 Å². The molecule has 0 fully saturated rings. The molecule has 1 aliphatic carbocycles. The van der Waals surface area contributed by atoms with Crippen molar-refractivity contribution in [1.29, 1.82) is 0 Å². The first-order valence-corrected chi connectivity index (χ1v) is 4.16. The van der Waals surface area contributed by atoms with Gasteiger partial charge in [-0.3, -0.25) is 4.79 Å². The average molecular weight is 163 g/mol. The van der Waals surface area contributed by atoms with Gasteiger partial charge in [-0.2, -0.15) is 0 Å². The zero-order valence-corrected chi connectivity index (χ0v) is 7.26. The van der Waals surface area contributed by atoms with E-state index in [2.05, 4.69) is 11.2 Å². The monoisotopic (exact) mass is 163 g/mol. The molecule has 0 bridgehead atoms. The highest BCUT2D eigenvalue weighted by Gasteiger charge is 2.12. The zero-order chi connectivity index (χ0) is 8.97. The van der Waals surface area contributed by atoms with Crippen molar-refractivity contribution in [3.05, 3.63) is 11.8 Å². The summed E-state index contributed by atoms with van der Waals surface area (Å²) in [4.78, 5) is 10.8. The van der Waals surface area contributed by atoms with E-state index in [-0.39, 0.29) is 11.8 Å². The molecule has 1 rings (SSSR count). The van der Waals surface area contributed by atoms with Gasteiger partial charge in [0.15, 0.2) is 5.78 Å². The first-order valence-electron chi connectivity index (χ1n) is 4.16.